The predicted molar refractivity (Wildman–Crippen MR) is 98.5 cm³/mol. The van der Waals surface area contributed by atoms with Gasteiger partial charge in [-0.1, -0.05) is 48.5 Å². The predicted octanol–water partition coefficient (Wildman–Crippen LogP) is 1.24. The molecule has 2 rings (SSSR count). The van der Waals surface area contributed by atoms with E-state index in [-0.39, 0.29) is 17.1 Å². The molecule has 27 heavy (non-hydrogen) atoms. The zero-order chi connectivity index (χ0) is 19.9. The molecule has 0 aliphatic carbocycles. The molecule has 7 nitrogen and oxygen atoms in total. The van der Waals surface area contributed by atoms with Crippen molar-refractivity contribution >= 4 is 21.7 Å². The number of nitrogens with one attached hydrogen (secondary N) is 1. The van der Waals surface area contributed by atoms with Crippen LogP contribution in [0.3, 0.4) is 0 Å². The molecule has 0 bridgehead atoms. The van der Waals surface area contributed by atoms with Crippen molar-refractivity contribution in [3.05, 3.63) is 66.2 Å². The molecule has 0 heterocycles. The maximum atomic E-state index is 12.4. The summed E-state index contributed by atoms with van der Waals surface area (Å²) in [5, 5.41) is 12.5. The van der Waals surface area contributed by atoms with Crippen LogP contribution in [0.5, 0.6) is 0 Å². The van der Waals surface area contributed by atoms with Crippen molar-refractivity contribution in [2.24, 2.45) is 0 Å². The summed E-state index contributed by atoms with van der Waals surface area (Å²) >= 11 is 0. The highest BCUT2D eigenvalue weighted by Gasteiger charge is 2.28. The summed E-state index contributed by atoms with van der Waals surface area (Å²) < 4.78 is 29.4. The van der Waals surface area contributed by atoms with Gasteiger partial charge in [0, 0.05) is 0 Å². The number of aliphatic hydroxyl groups excluding tert-OH is 1. The van der Waals surface area contributed by atoms with Crippen molar-refractivity contribution in [2.75, 3.05) is 12.9 Å². The number of esters is 1. The fraction of sp³-hybridized carbons (Fsp3) is 0.263. The lowest BCUT2D eigenvalue weighted by Crippen LogP contribution is -2.44. The van der Waals surface area contributed by atoms with Gasteiger partial charge >= 0.3 is 5.97 Å². The number of hydrogen-bond acceptors (Lipinski definition) is 6. The van der Waals surface area contributed by atoms with Crippen molar-refractivity contribution in [1.82, 2.24) is 5.32 Å². The summed E-state index contributed by atoms with van der Waals surface area (Å²) in [6, 6.07) is 14.8. The molecule has 144 valence electrons. The molecule has 0 aliphatic rings. The van der Waals surface area contributed by atoms with Gasteiger partial charge < -0.3 is 15.2 Å². The van der Waals surface area contributed by atoms with E-state index in [1.807, 2.05) is 0 Å². The number of benzene rings is 2. The summed E-state index contributed by atoms with van der Waals surface area (Å²) in [7, 11) is -2.49. The monoisotopic (exact) mass is 391 g/mol. The number of carbonyl (C=O) groups is 2. The maximum absolute atomic E-state index is 12.4. The summed E-state index contributed by atoms with van der Waals surface area (Å²) in [4.78, 5) is 24.3. The summed E-state index contributed by atoms with van der Waals surface area (Å²) in [6.45, 7) is 0. The van der Waals surface area contributed by atoms with Gasteiger partial charge in [0.1, 0.15) is 6.04 Å². The van der Waals surface area contributed by atoms with E-state index in [4.69, 9.17) is 0 Å². The Hall–Kier alpha value is -2.71. The first-order valence-corrected chi connectivity index (χ1v) is 9.89. The van der Waals surface area contributed by atoms with E-state index >= 15 is 0 Å². The van der Waals surface area contributed by atoms with E-state index in [2.05, 4.69) is 10.1 Å². The minimum Gasteiger partial charge on any atom is -0.467 e. The van der Waals surface area contributed by atoms with Gasteiger partial charge in [-0.3, -0.25) is 4.79 Å². The molecular weight excluding hydrogens is 370 g/mol. The normalized spacial score (nSPS) is 13.4. The third-order valence-corrected chi connectivity index (χ3v) is 5.71. The van der Waals surface area contributed by atoms with Crippen LogP contribution in [0, 0.1) is 0 Å². The van der Waals surface area contributed by atoms with E-state index in [9.17, 15) is 23.1 Å². The molecule has 1 amide bonds. The number of carbonyl (C=O) groups excluding carboxylic acids is 2. The minimum atomic E-state index is -3.63. The van der Waals surface area contributed by atoms with Gasteiger partial charge in [-0.25, -0.2) is 13.2 Å². The van der Waals surface area contributed by atoms with Gasteiger partial charge in [0.2, 0.25) is 0 Å². The van der Waals surface area contributed by atoms with Gasteiger partial charge in [0.15, 0.2) is 15.9 Å². The standard InChI is InChI=1S/C19H21NO6S/c1-26-19(23)16(12-13-27(24,25)15-10-6-3-7-11-15)20-18(22)17(21)14-8-4-2-5-9-14/h2-11,16-17,21H,12-13H2,1H3,(H,20,22)/t16-,17+/m1/s1. The van der Waals surface area contributed by atoms with Crippen LogP contribution in [0.1, 0.15) is 18.1 Å². The fourth-order valence-corrected chi connectivity index (χ4v) is 3.80. The van der Waals surface area contributed by atoms with E-state index in [0.717, 1.165) is 7.11 Å². The number of ether oxygens (including phenoxy) is 1. The molecule has 0 aromatic heterocycles. The Labute approximate surface area is 157 Å². The van der Waals surface area contributed by atoms with Gasteiger partial charge in [0.05, 0.1) is 17.8 Å². The van der Waals surface area contributed by atoms with Crippen LogP contribution in [-0.2, 0) is 24.2 Å². The highest BCUT2D eigenvalue weighted by atomic mass is 32.2. The smallest absolute Gasteiger partial charge is 0.328 e. The third kappa shape index (κ3) is 5.63. The fourth-order valence-electron chi connectivity index (χ4n) is 2.45. The zero-order valence-electron chi connectivity index (χ0n) is 14.7. The summed E-state index contributed by atoms with van der Waals surface area (Å²) in [5.74, 6) is -1.96. The largest absolute Gasteiger partial charge is 0.467 e. The van der Waals surface area contributed by atoms with Crippen LogP contribution in [-0.4, -0.2) is 44.3 Å². The van der Waals surface area contributed by atoms with Crippen molar-refractivity contribution < 1.29 is 27.9 Å². The average molecular weight is 391 g/mol. The molecule has 0 fully saturated rings. The number of methoxy groups -OCH3 is 1. The highest BCUT2D eigenvalue weighted by molar-refractivity contribution is 7.91. The lowest BCUT2D eigenvalue weighted by Gasteiger charge is -2.19. The van der Waals surface area contributed by atoms with Gasteiger partial charge in [-0.15, -0.1) is 0 Å². The van der Waals surface area contributed by atoms with Crippen molar-refractivity contribution in [3.63, 3.8) is 0 Å². The van der Waals surface area contributed by atoms with E-state index in [0.29, 0.717) is 5.56 Å². The summed E-state index contributed by atoms with van der Waals surface area (Å²) in [6.07, 6.45) is -1.67. The summed E-state index contributed by atoms with van der Waals surface area (Å²) in [5.41, 5.74) is 0.357. The SMILES string of the molecule is COC(=O)[C@@H](CCS(=O)(=O)c1ccccc1)NC(=O)[C@@H](O)c1ccccc1. The second kappa shape index (κ2) is 9.29. The first-order valence-electron chi connectivity index (χ1n) is 8.24. The van der Waals surface area contributed by atoms with Crippen LogP contribution >= 0.6 is 0 Å². The Morgan fingerprint density at radius 1 is 1.04 bits per heavy atom. The lowest BCUT2D eigenvalue weighted by molar-refractivity contribution is -0.146. The molecule has 2 aromatic carbocycles. The molecule has 8 heteroatoms. The van der Waals surface area contributed by atoms with E-state index < -0.39 is 33.9 Å². The molecular formula is C19H21NO6S. The molecule has 0 aliphatic heterocycles. The van der Waals surface area contributed by atoms with Crippen molar-refractivity contribution in [1.29, 1.82) is 0 Å². The minimum absolute atomic E-state index is 0.129. The Kier molecular flexibility index (Phi) is 7.09. The number of rotatable bonds is 8. The Morgan fingerprint density at radius 2 is 1.59 bits per heavy atom. The first kappa shape index (κ1) is 20.6. The van der Waals surface area contributed by atoms with Crippen LogP contribution in [0.2, 0.25) is 0 Å². The van der Waals surface area contributed by atoms with Gasteiger partial charge in [0.25, 0.3) is 5.91 Å². The Morgan fingerprint density at radius 3 is 2.15 bits per heavy atom. The molecule has 0 saturated heterocycles. The lowest BCUT2D eigenvalue weighted by atomic mass is 10.1. The molecule has 0 spiro atoms. The molecule has 2 aromatic rings. The molecule has 0 unspecified atom stereocenters. The average Bonchev–Trinajstić information content (AvgIpc) is 2.71. The quantitative estimate of drug-likeness (QED) is 0.655. The topological polar surface area (TPSA) is 110 Å². The Balaban J connectivity index is 2.07. The highest BCUT2D eigenvalue weighted by Crippen LogP contribution is 2.15. The number of aliphatic hydroxyl groups is 1. The molecule has 0 saturated carbocycles. The number of amides is 1. The van der Waals surface area contributed by atoms with Crippen LogP contribution in [0.25, 0.3) is 0 Å². The molecule has 0 radical (unpaired) electrons. The number of hydrogen-bond donors (Lipinski definition) is 2. The van der Waals surface area contributed by atoms with Crippen LogP contribution in [0.4, 0.5) is 0 Å². The van der Waals surface area contributed by atoms with Crippen molar-refractivity contribution in [3.8, 4) is 0 Å². The van der Waals surface area contributed by atoms with Crippen LogP contribution in [0.15, 0.2) is 65.6 Å². The van der Waals surface area contributed by atoms with Gasteiger partial charge in [-0.2, -0.15) is 0 Å². The second-order valence-electron chi connectivity index (χ2n) is 5.82. The van der Waals surface area contributed by atoms with E-state index in [1.54, 1.807) is 48.5 Å². The Bertz CT molecular complexity index is 868. The third-order valence-electron chi connectivity index (χ3n) is 3.94. The maximum Gasteiger partial charge on any atom is 0.328 e. The molecule has 2 N–H and O–H groups in total. The molecule has 2 atom stereocenters. The zero-order valence-corrected chi connectivity index (χ0v) is 15.6. The van der Waals surface area contributed by atoms with E-state index in [1.165, 1.54) is 12.1 Å². The van der Waals surface area contributed by atoms with Crippen molar-refractivity contribution in [2.45, 2.75) is 23.5 Å². The van der Waals surface area contributed by atoms with Crippen LogP contribution < -0.4 is 5.32 Å². The first-order chi connectivity index (χ1) is 12.8. The van der Waals surface area contributed by atoms with Gasteiger partial charge in [-0.05, 0) is 24.1 Å². The second-order valence-corrected chi connectivity index (χ2v) is 7.93. The number of sulfone groups is 1.